The lowest BCUT2D eigenvalue weighted by Gasteiger charge is -2.12. The molecule has 0 saturated carbocycles. The van der Waals surface area contributed by atoms with Crippen molar-refractivity contribution in [3.8, 4) is 11.6 Å². The van der Waals surface area contributed by atoms with Gasteiger partial charge in [-0.1, -0.05) is 24.3 Å². The lowest BCUT2D eigenvalue weighted by Crippen LogP contribution is -2.30. The Labute approximate surface area is 140 Å². The number of nitrogens with one attached hydrogen (secondary N) is 1. The van der Waals surface area contributed by atoms with E-state index in [0.717, 1.165) is 11.3 Å². The van der Waals surface area contributed by atoms with Gasteiger partial charge in [-0.2, -0.15) is 0 Å². The molecule has 1 unspecified atom stereocenters. The van der Waals surface area contributed by atoms with Crippen molar-refractivity contribution >= 4 is 11.7 Å². The van der Waals surface area contributed by atoms with Gasteiger partial charge in [0, 0.05) is 18.5 Å². The van der Waals surface area contributed by atoms with Crippen molar-refractivity contribution in [3.05, 3.63) is 66.5 Å². The molecular formula is C18H18N4O2. The number of aromatic nitrogens is 3. The predicted octanol–water partition coefficient (Wildman–Crippen LogP) is 2.98. The van der Waals surface area contributed by atoms with Crippen molar-refractivity contribution in [2.24, 2.45) is 0 Å². The molecule has 0 aliphatic rings. The summed E-state index contributed by atoms with van der Waals surface area (Å²) in [5.74, 6) is 0.606. The number of anilines is 1. The number of para-hydroxylation sites is 1. The summed E-state index contributed by atoms with van der Waals surface area (Å²) in [4.78, 5) is 16.3. The van der Waals surface area contributed by atoms with E-state index in [9.17, 15) is 4.79 Å². The van der Waals surface area contributed by atoms with Crippen LogP contribution in [0.25, 0.3) is 5.69 Å². The Morgan fingerprint density at radius 3 is 2.67 bits per heavy atom. The number of pyridine rings is 1. The highest BCUT2D eigenvalue weighted by atomic mass is 16.5. The predicted molar refractivity (Wildman–Crippen MR) is 91.3 cm³/mol. The first-order valence-corrected chi connectivity index (χ1v) is 7.63. The molecule has 6 heteroatoms. The van der Waals surface area contributed by atoms with Crippen molar-refractivity contribution in [1.82, 2.24) is 14.8 Å². The molecule has 0 spiro atoms. The fraction of sp³-hybridized carbons (Fsp3) is 0.167. The second-order valence-corrected chi connectivity index (χ2v) is 5.40. The number of aryl methyl sites for hydroxylation is 1. The highest BCUT2D eigenvalue weighted by molar-refractivity contribution is 5.93. The average Bonchev–Trinajstić information content (AvgIpc) is 3.06. The molecule has 1 aromatic carbocycles. The zero-order chi connectivity index (χ0) is 16.9. The Bertz CT molecular complexity index is 813. The minimum Gasteiger partial charge on any atom is -0.463 e. The van der Waals surface area contributed by atoms with E-state index in [1.807, 2.05) is 43.3 Å². The Hall–Kier alpha value is -3.15. The van der Waals surface area contributed by atoms with Crippen LogP contribution in [0.1, 0.15) is 12.5 Å². The van der Waals surface area contributed by atoms with Gasteiger partial charge in [0.15, 0.2) is 6.10 Å². The second-order valence-electron chi connectivity index (χ2n) is 5.40. The van der Waals surface area contributed by atoms with Crippen LogP contribution in [0.4, 0.5) is 5.82 Å². The van der Waals surface area contributed by atoms with Crippen LogP contribution in [0.15, 0.2) is 60.9 Å². The van der Waals surface area contributed by atoms with Gasteiger partial charge in [0.2, 0.25) is 5.88 Å². The summed E-state index contributed by atoms with van der Waals surface area (Å²) in [6, 6.07) is 15.0. The molecule has 0 aliphatic carbocycles. The molecule has 1 N–H and O–H groups in total. The number of benzene rings is 1. The Morgan fingerprint density at radius 2 is 1.96 bits per heavy atom. The molecule has 1 amide bonds. The van der Waals surface area contributed by atoms with E-state index < -0.39 is 6.10 Å². The molecule has 6 nitrogen and oxygen atoms in total. The molecule has 0 fully saturated rings. The minimum atomic E-state index is -0.688. The number of nitrogens with zero attached hydrogens (tertiary/aromatic N) is 3. The van der Waals surface area contributed by atoms with Crippen LogP contribution in [0, 0.1) is 6.92 Å². The van der Waals surface area contributed by atoms with E-state index in [1.165, 1.54) is 0 Å². The minimum absolute atomic E-state index is 0.277. The maximum absolute atomic E-state index is 12.2. The summed E-state index contributed by atoms with van der Waals surface area (Å²) in [5, 5.41) is 7.04. The molecule has 0 aliphatic heterocycles. The third-order valence-electron chi connectivity index (χ3n) is 3.41. The van der Waals surface area contributed by atoms with Crippen LogP contribution in [0.5, 0.6) is 5.88 Å². The molecule has 3 rings (SSSR count). The van der Waals surface area contributed by atoms with Gasteiger partial charge < -0.3 is 10.1 Å². The molecule has 0 saturated heterocycles. The topological polar surface area (TPSA) is 69.0 Å². The van der Waals surface area contributed by atoms with Gasteiger partial charge in [0.05, 0.1) is 5.69 Å². The molecular weight excluding hydrogens is 304 g/mol. The SMILES string of the molecule is Cc1ccc(NC(=O)C(C)Oc2ccn(-c3ccccc3)n2)nc1. The molecule has 0 bridgehead atoms. The van der Waals surface area contributed by atoms with Gasteiger partial charge in [0.1, 0.15) is 5.82 Å². The summed E-state index contributed by atoms with van der Waals surface area (Å²) in [6.45, 7) is 3.61. The van der Waals surface area contributed by atoms with Gasteiger partial charge in [-0.3, -0.25) is 4.79 Å². The van der Waals surface area contributed by atoms with Gasteiger partial charge >= 0.3 is 0 Å². The quantitative estimate of drug-likeness (QED) is 0.784. The third-order valence-corrected chi connectivity index (χ3v) is 3.41. The van der Waals surface area contributed by atoms with Crippen molar-refractivity contribution in [2.75, 3.05) is 5.32 Å². The van der Waals surface area contributed by atoms with Crippen LogP contribution in [-0.4, -0.2) is 26.8 Å². The number of ether oxygens (including phenoxy) is 1. The standard InChI is InChI=1S/C18H18N4O2/c1-13-8-9-16(19-12-13)20-18(23)14(2)24-17-10-11-22(21-17)15-6-4-3-5-7-15/h3-12,14H,1-2H3,(H,19,20,23). The fourth-order valence-electron chi connectivity index (χ4n) is 2.10. The lowest BCUT2D eigenvalue weighted by molar-refractivity contribution is -0.122. The summed E-state index contributed by atoms with van der Waals surface area (Å²) in [6.07, 6.45) is 2.80. The van der Waals surface area contributed by atoms with E-state index in [-0.39, 0.29) is 5.91 Å². The normalized spacial score (nSPS) is 11.8. The van der Waals surface area contributed by atoms with E-state index in [4.69, 9.17) is 4.74 Å². The summed E-state index contributed by atoms with van der Waals surface area (Å²) in [7, 11) is 0. The zero-order valence-corrected chi connectivity index (χ0v) is 13.5. The Morgan fingerprint density at radius 1 is 1.17 bits per heavy atom. The number of carbonyl (C=O) groups is 1. The summed E-state index contributed by atoms with van der Waals surface area (Å²) in [5.41, 5.74) is 1.96. The van der Waals surface area contributed by atoms with Crippen LogP contribution in [-0.2, 0) is 4.79 Å². The van der Waals surface area contributed by atoms with Crippen molar-refractivity contribution in [3.63, 3.8) is 0 Å². The van der Waals surface area contributed by atoms with Crippen molar-refractivity contribution < 1.29 is 9.53 Å². The van der Waals surface area contributed by atoms with Gasteiger partial charge in [-0.15, -0.1) is 5.10 Å². The van der Waals surface area contributed by atoms with Gasteiger partial charge in [0.25, 0.3) is 5.91 Å². The van der Waals surface area contributed by atoms with E-state index in [0.29, 0.717) is 11.7 Å². The number of hydrogen-bond acceptors (Lipinski definition) is 4. The molecule has 2 aromatic heterocycles. The smallest absolute Gasteiger partial charge is 0.266 e. The average molecular weight is 322 g/mol. The molecule has 0 radical (unpaired) electrons. The van der Waals surface area contributed by atoms with Crippen LogP contribution in [0.3, 0.4) is 0 Å². The molecule has 2 heterocycles. The first-order chi connectivity index (χ1) is 11.6. The monoisotopic (exact) mass is 322 g/mol. The van der Waals surface area contributed by atoms with E-state index in [2.05, 4.69) is 15.4 Å². The Balaban J connectivity index is 1.62. The molecule has 24 heavy (non-hydrogen) atoms. The second kappa shape index (κ2) is 6.95. The van der Waals surface area contributed by atoms with Crippen molar-refractivity contribution in [1.29, 1.82) is 0 Å². The lowest BCUT2D eigenvalue weighted by atomic mass is 10.3. The number of amides is 1. The van der Waals surface area contributed by atoms with Gasteiger partial charge in [-0.05, 0) is 37.6 Å². The number of rotatable bonds is 5. The van der Waals surface area contributed by atoms with Crippen molar-refractivity contribution in [2.45, 2.75) is 20.0 Å². The number of hydrogen-bond donors (Lipinski definition) is 1. The van der Waals surface area contributed by atoms with E-state index in [1.54, 1.807) is 36.1 Å². The molecule has 1 atom stereocenters. The molecule has 122 valence electrons. The van der Waals surface area contributed by atoms with Crippen LogP contribution in [0.2, 0.25) is 0 Å². The largest absolute Gasteiger partial charge is 0.463 e. The van der Waals surface area contributed by atoms with E-state index >= 15 is 0 Å². The highest BCUT2D eigenvalue weighted by Crippen LogP contribution is 2.13. The van der Waals surface area contributed by atoms with Crippen LogP contribution >= 0.6 is 0 Å². The summed E-state index contributed by atoms with van der Waals surface area (Å²) < 4.78 is 7.30. The first kappa shape index (κ1) is 15.7. The maximum Gasteiger partial charge on any atom is 0.266 e. The number of carbonyl (C=O) groups excluding carboxylic acids is 1. The molecule has 3 aromatic rings. The Kier molecular flexibility index (Phi) is 4.56. The first-order valence-electron chi connectivity index (χ1n) is 7.63. The van der Waals surface area contributed by atoms with Gasteiger partial charge in [-0.25, -0.2) is 9.67 Å². The summed E-state index contributed by atoms with van der Waals surface area (Å²) >= 11 is 0. The third kappa shape index (κ3) is 3.78. The highest BCUT2D eigenvalue weighted by Gasteiger charge is 2.16. The fourth-order valence-corrected chi connectivity index (χ4v) is 2.10. The zero-order valence-electron chi connectivity index (χ0n) is 13.5. The maximum atomic E-state index is 12.2. The van der Waals surface area contributed by atoms with Crippen LogP contribution < -0.4 is 10.1 Å².